The smallest absolute Gasteiger partial charge is 0.223 e. The lowest BCUT2D eigenvalue weighted by Gasteiger charge is -2.33. The summed E-state index contributed by atoms with van der Waals surface area (Å²) >= 11 is 0. The van der Waals surface area contributed by atoms with Gasteiger partial charge in [-0.05, 0) is 23.5 Å². The van der Waals surface area contributed by atoms with E-state index in [9.17, 15) is 4.79 Å². The number of nitrogens with zero attached hydrogens (tertiary/aromatic N) is 3. The van der Waals surface area contributed by atoms with Gasteiger partial charge in [0.05, 0.1) is 13.2 Å². The van der Waals surface area contributed by atoms with Crippen molar-refractivity contribution in [1.29, 1.82) is 0 Å². The lowest BCUT2D eigenvalue weighted by atomic mass is 10.00. The first-order valence-electron chi connectivity index (χ1n) is 8.37. The Morgan fingerprint density at radius 1 is 1.33 bits per heavy atom. The number of carbonyl (C=O) groups is 1. The number of benzene rings is 1. The van der Waals surface area contributed by atoms with Crippen LogP contribution in [0.5, 0.6) is 0 Å². The minimum atomic E-state index is -0.256. The minimum Gasteiger partial charge on any atom is -0.377 e. The summed E-state index contributed by atoms with van der Waals surface area (Å²) in [4.78, 5) is 18.5. The molecule has 1 saturated heterocycles. The monoisotopic (exact) mass is 329 g/mol. The molecule has 6 heteroatoms. The van der Waals surface area contributed by atoms with E-state index in [1.165, 1.54) is 17.5 Å². The third-order valence-electron chi connectivity index (χ3n) is 4.40. The number of hydrogen-bond donors (Lipinski definition) is 0. The first-order chi connectivity index (χ1) is 11.6. The largest absolute Gasteiger partial charge is 0.377 e. The number of aryl methyl sites for hydroxylation is 1. The van der Waals surface area contributed by atoms with Gasteiger partial charge in [0.2, 0.25) is 12.3 Å². The van der Waals surface area contributed by atoms with Crippen molar-refractivity contribution in [2.24, 2.45) is 0 Å². The highest BCUT2D eigenvalue weighted by molar-refractivity contribution is 5.77. The second-order valence-corrected chi connectivity index (χ2v) is 6.36. The molecule has 0 N–H and O–H groups in total. The van der Waals surface area contributed by atoms with Gasteiger partial charge in [-0.15, -0.1) is 0 Å². The van der Waals surface area contributed by atoms with Crippen LogP contribution in [-0.2, 0) is 16.0 Å². The van der Waals surface area contributed by atoms with Crippen LogP contribution in [0.2, 0.25) is 0 Å². The normalized spacial score (nSPS) is 18.1. The topological polar surface area (TPSA) is 68.5 Å². The van der Waals surface area contributed by atoms with Crippen LogP contribution in [0.4, 0.5) is 0 Å². The third-order valence-corrected chi connectivity index (χ3v) is 4.40. The average molecular weight is 329 g/mol. The molecule has 0 radical (unpaired) electrons. The lowest BCUT2D eigenvalue weighted by molar-refractivity contribution is -0.140. The lowest BCUT2D eigenvalue weighted by Crippen LogP contribution is -2.43. The van der Waals surface area contributed by atoms with Crippen molar-refractivity contribution in [1.82, 2.24) is 15.0 Å². The molecule has 0 bridgehead atoms. The molecular formula is C18H23N3O3. The molecule has 2 aromatic rings. The molecule has 128 valence electrons. The van der Waals surface area contributed by atoms with E-state index in [1.807, 2.05) is 0 Å². The van der Waals surface area contributed by atoms with E-state index in [1.54, 1.807) is 4.90 Å². The fraction of sp³-hybridized carbons (Fsp3) is 0.500. The number of aromatic nitrogens is 2. The SMILES string of the molecule is CC(C)c1ccc(CCC(=O)N2CCOCC2c2ncon2)cc1. The first kappa shape index (κ1) is 16.6. The summed E-state index contributed by atoms with van der Waals surface area (Å²) in [6.07, 6.45) is 2.48. The van der Waals surface area contributed by atoms with Gasteiger partial charge in [-0.25, -0.2) is 0 Å². The van der Waals surface area contributed by atoms with Gasteiger partial charge in [0, 0.05) is 13.0 Å². The second kappa shape index (κ2) is 7.57. The zero-order chi connectivity index (χ0) is 16.9. The number of carbonyl (C=O) groups excluding carboxylic acids is 1. The van der Waals surface area contributed by atoms with Gasteiger partial charge in [-0.2, -0.15) is 4.98 Å². The zero-order valence-corrected chi connectivity index (χ0v) is 14.1. The number of hydrogen-bond acceptors (Lipinski definition) is 5. The molecule has 1 atom stereocenters. The molecule has 6 nitrogen and oxygen atoms in total. The van der Waals surface area contributed by atoms with Crippen LogP contribution >= 0.6 is 0 Å². The molecule has 1 amide bonds. The van der Waals surface area contributed by atoms with E-state index in [-0.39, 0.29) is 11.9 Å². The standard InChI is InChI=1S/C18H23N3O3/c1-13(2)15-6-3-14(4-7-15)5-8-17(22)21-9-10-23-11-16(21)18-19-12-24-20-18/h3-4,6-7,12-13,16H,5,8-11H2,1-2H3. The molecule has 1 unspecified atom stereocenters. The van der Waals surface area contributed by atoms with Crippen LogP contribution in [0.25, 0.3) is 0 Å². The van der Waals surface area contributed by atoms with Gasteiger partial charge < -0.3 is 14.2 Å². The summed E-state index contributed by atoms with van der Waals surface area (Å²) in [5.74, 6) is 1.12. The van der Waals surface area contributed by atoms with E-state index in [0.717, 1.165) is 6.42 Å². The van der Waals surface area contributed by atoms with Crippen LogP contribution in [0.3, 0.4) is 0 Å². The molecule has 1 aliphatic rings. The van der Waals surface area contributed by atoms with Crippen molar-refractivity contribution in [2.75, 3.05) is 19.8 Å². The van der Waals surface area contributed by atoms with Gasteiger partial charge in [0.25, 0.3) is 0 Å². The predicted molar refractivity (Wildman–Crippen MR) is 88.4 cm³/mol. The van der Waals surface area contributed by atoms with Crippen molar-refractivity contribution in [3.05, 3.63) is 47.6 Å². The summed E-state index contributed by atoms with van der Waals surface area (Å²) in [6, 6.07) is 8.24. The number of rotatable bonds is 5. The van der Waals surface area contributed by atoms with Crippen molar-refractivity contribution >= 4 is 5.91 Å². The Labute approximate surface area is 141 Å². The van der Waals surface area contributed by atoms with Gasteiger partial charge in [-0.3, -0.25) is 4.79 Å². The number of ether oxygens (including phenoxy) is 1. The van der Waals surface area contributed by atoms with Crippen molar-refractivity contribution in [3.63, 3.8) is 0 Å². The van der Waals surface area contributed by atoms with Crippen LogP contribution in [0, 0.1) is 0 Å². The maximum Gasteiger partial charge on any atom is 0.223 e. The van der Waals surface area contributed by atoms with Crippen LogP contribution in [0.15, 0.2) is 35.2 Å². The zero-order valence-electron chi connectivity index (χ0n) is 14.1. The van der Waals surface area contributed by atoms with Gasteiger partial charge in [0.15, 0.2) is 5.82 Å². The summed E-state index contributed by atoms with van der Waals surface area (Å²) < 4.78 is 10.3. The summed E-state index contributed by atoms with van der Waals surface area (Å²) in [7, 11) is 0. The van der Waals surface area contributed by atoms with E-state index in [0.29, 0.717) is 37.9 Å². The quantitative estimate of drug-likeness (QED) is 0.843. The Balaban J connectivity index is 1.61. The molecule has 3 rings (SSSR count). The third kappa shape index (κ3) is 3.82. The van der Waals surface area contributed by atoms with Crippen LogP contribution in [0.1, 0.15) is 49.2 Å². The maximum atomic E-state index is 12.6. The predicted octanol–water partition coefficient (Wildman–Crippen LogP) is 2.73. The highest BCUT2D eigenvalue weighted by atomic mass is 16.5. The van der Waals surface area contributed by atoms with Crippen LogP contribution < -0.4 is 0 Å². The Kier molecular flexibility index (Phi) is 5.25. The maximum absolute atomic E-state index is 12.6. The van der Waals surface area contributed by atoms with Gasteiger partial charge in [-0.1, -0.05) is 43.3 Å². The Morgan fingerprint density at radius 3 is 2.79 bits per heavy atom. The Hall–Kier alpha value is -2.21. The van der Waals surface area contributed by atoms with Gasteiger partial charge in [0.1, 0.15) is 6.04 Å². The second-order valence-electron chi connectivity index (χ2n) is 6.36. The molecule has 1 aromatic heterocycles. The Morgan fingerprint density at radius 2 is 2.12 bits per heavy atom. The fourth-order valence-corrected chi connectivity index (χ4v) is 2.91. The van der Waals surface area contributed by atoms with E-state index in [2.05, 4.69) is 48.3 Å². The molecule has 0 saturated carbocycles. The first-order valence-corrected chi connectivity index (χ1v) is 8.37. The van der Waals surface area contributed by atoms with E-state index >= 15 is 0 Å². The molecule has 24 heavy (non-hydrogen) atoms. The Bertz CT molecular complexity index is 653. The fourth-order valence-electron chi connectivity index (χ4n) is 2.91. The molecule has 1 fully saturated rings. The highest BCUT2D eigenvalue weighted by Gasteiger charge is 2.31. The van der Waals surface area contributed by atoms with E-state index in [4.69, 9.17) is 9.26 Å². The average Bonchev–Trinajstić information content (AvgIpc) is 3.14. The number of morpholine rings is 1. The molecule has 0 spiro atoms. The molecule has 1 aliphatic heterocycles. The summed E-state index contributed by atoms with van der Waals surface area (Å²) in [5.41, 5.74) is 2.49. The van der Waals surface area contributed by atoms with Crippen molar-refractivity contribution in [2.45, 2.75) is 38.6 Å². The molecule has 2 heterocycles. The molecular weight excluding hydrogens is 306 g/mol. The number of amides is 1. The van der Waals surface area contributed by atoms with E-state index < -0.39 is 0 Å². The molecule has 0 aliphatic carbocycles. The highest BCUT2D eigenvalue weighted by Crippen LogP contribution is 2.23. The molecule has 1 aromatic carbocycles. The van der Waals surface area contributed by atoms with Crippen LogP contribution in [-0.4, -0.2) is 40.7 Å². The summed E-state index contributed by atoms with van der Waals surface area (Å²) in [5, 5.41) is 3.86. The van der Waals surface area contributed by atoms with Gasteiger partial charge >= 0.3 is 0 Å². The van der Waals surface area contributed by atoms with Crippen molar-refractivity contribution in [3.8, 4) is 0 Å². The minimum absolute atomic E-state index is 0.0982. The van der Waals surface area contributed by atoms with Crippen molar-refractivity contribution < 1.29 is 14.1 Å². The summed E-state index contributed by atoms with van der Waals surface area (Å²) in [6.45, 7) is 5.87.